The lowest BCUT2D eigenvalue weighted by Crippen LogP contribution is -2.19. The zero-order chi connectivity index (χ0) is 9.84. The normalized spacial score (nSPS) is 12.5. The predicted octanol–water partition coefficient (Wildman–Crippen LogP) is 1.06. The van der Waals surface area contributed by atoms with Gasteiger partial charge < -0.3 is 4.74 Å². The lowest BCUT2D eigenvalue weighted by Gasteiger charge is -2.09. The third-order valence-electron chi connectivity index (χ3n) is 1.51. The number of carbonyl (C=O) groups is 1. The molecule has 0 saturated carbocycles. The van der Waals surface area contributed by atoms with Gasteiger partial charge in [-0.25, -0.2) is 14.5 Å². The molecule has 0 radical (unpaired) electrons. The number of halogens is 1. The molecule has 1 rings (SSSR count). The van der Waals surface area contributed by atoms with Crippen molar-refractivity contribution in [3.8, 4) is 0 Å². The van der Waals surface area contributed by atoms with Gasteiger partial charge in [-0.2, -0.15) is 0 Å². The Labute approximate surface area is 80.7 Å². The highest BCUT2D eigenvalue weighted by Crippen LogP contribution is 2.07. The minimum atomic E-state index is -0.486. The standard InChI is InChI=1S/C7H10ClN3O2/c1-3-13-6(12)5(2)11-4-9-7(8)10-11/h4-5H,3H2,1-2H3. The van der Waals surface area contributed by atoms with Crippen molar-refractivity contribution < 1.29 is 9.53 Å². The molecular weight excluding hydrogens is 194 g/mol. The van der Waals surface area contributed by atoms with Crippen LogP contribution < -0.4 is 0 Å². The molecule has 0 aliphatic rings. The highest BCUT2D eigenvalue weighted by molar-refractivity contribution is 6.28. The van der Waals surface area contributed by atoms with Crippen LogP contribution in [0.2, 0.25) is 5.28 Å². The van der Waals surface area contributed by atoms with Crippen LogP contribution in [0, 0.1) is 0 Å². The fraction of sp³-hybridized carbons (Fsp3) is 0.571. The largest absolute Gasteiger partial charge is 0.464 e. The van der Waals surface area contributed by atoms with E-state index in [0.717, 1.165) is 0 Å². The van der Waals surface area contributed by atoms with Gasteiger partial charge in [-0.05, 0) is 25.4 Å². The van der Waals surface area contributed by atoms with E-state index in [9.17, 15) is 4.79 Å². The maximum Gasteiger partial charge on any atom is 0.330 e. The first kappa shape index (κ1) is 9.98. The van der Waals surface area contributed by atoms with Crippen LogP contribution in [0.15, 0.2) is 6.33 Å². The number of ether oxygens (including phenoxy) is 1. The van der Waals surface area contributed by atoms with E-state index in [1.54, 1.807) is 13.8 Å². The number of nitrogens with zero attached hydrogens (tertiary/aromatic N) is 3. The number of aromatic nitrogens is 3. The molecule has 1 aromatic rings. The molecule has 72 valence electrons. The first-order valence-electron chi connectivity index (χ1n) is 3.88. The Hall–Kier alpha value is -1.10. The molecule has 0 aliphatic heterocycles. The number of rotatable bonds is 3. The molecule has 1 unspecified atom stereocenters. The van der Waals surface area contributed by atoms with Crippen LogP contribution in [-0.4, -0.2) is 27.3 Å². The smallest absolute Gasteiger partial charge is 0.330 e. The van der Waals surface area contributed by atoms with Crippen molar-refractivity contribution in [2.24, 2.45) is 0 Å². The molecule has 0 amide bonds. The summed E-state index contributed by atoms with van der Waals surface area (Å²) in [5.74, 6) is -0.343. The lowest BCUT2D eigenvalue weighted by molar-refractivity contribution is -0.146. The predicted molar refractivity (Wildman–Crippen MR) is 46.4 cm³/mol. The summed E-state index contributed by atoms with van der Waals surface area (Å²) in [6.07, 6.45) is 1.39. The van der Waals surface area contributed by atoms with E-state index in [-0.39, 0.29) is 11.3 Å². The van der Waals surface area contributed by atoms with Gasteiger partial charge in [-0.15, -0.1) is 5.10 Å². The van der Waals surface area contributed by atoms with Crippen molar-refractivity contribution in [2.75, 3.05) is 6.61 Å². The molecule has 1 atom stereocenters. The Morgan fingerprint density at radius 1 is 1.85 bits per heavy atom. The summed E-state index contributed by atoms with van der Waals surface area (Å²) in [7, 11) is 0. The van der Waals surface area contributed by atoms with Crippen LogP contribution in [-0.2, 0) is 9.53 Å². The minimum absolute atomic E-state index is 0.121. The van der Waals surface area contributed by atoms with Crippen molar-refractivity contribution in [3.63, 3.8) is 0 Å². The second-order valence-corrected chi connectivity index (χ2v) is 2.76. The Morgan fingerprint density at radius 2 is 2.54 bits per heavy atom. The summed E-state index contributed by atoms with van der Waals surface area (Å²) >= 11 is 5.49. The van der Waals surface area contributed by atoms with E-state index >= 15 is 0 Å². The molecular formula is C7H10ClN3O2. The number of carbonyl (C=O) groups excluding carboxylic acids is 1. The van der Waals surface area contributed by atoms with Gasteiger partial charge in [-0.1, -0.05) is 0 Å². The highest BCUT2D eigenvalue weighted by atomic mass is 35.5. The summed E-state index contributed by atoms with van der Waals surface area (Å²) in [6.45, 7) is 3.77. The second-order valence-electron chi connectivity index (χ2n) is 2.42. The van der Waals surface area contributed by atoms with Crippen LogP contribution in [0.25, 0.3) is 0 Å². The third-order valence-corrected chi connectivity index (χ3v) is 1.68. The van der Waals surface area contributed by atoms with Crippen molar-refractivity contribution in [1.29, 1.82) is 0 Å². The monoisotopic (exact) mass is 203 g/mol. The Kier molecular flexibility index (Phi) is 3.25. The van der Waals surface area contributed by atoms with Crippen LogP contribution in [0.4, 0.5) is 0 Å². The maximum absolute atomic E-state index is 11.2. The molecule has 13 heavy (non-hydrogen) atoms. The zero-order valence-electron chi connectivity index (χ0n) is 7.40. The van der Waals surface area contributed by atoms with Crippen LogP contribution in [0.1, 0.15) is 19.9 Å². The molecule has 5 nitrogen and oxygen atoms in total. The summed E-state index contributed by atoms with van der Waals surface area (Å²) < 4.78 is 6.16. The molecule has 1 aromatic heterocycles. The third kappa shape index (κ3) is 2.42. The molecule has 0 aliphatic carbocycles. The number of esters is 1. The zero-order valence-corrected chi connectivity index (χ0v) is 8.15. The van der Waals surface area contributed by atoms with Crippen molar-refractivity contribution in [3.05, 3.63) is 11.6 Å². The molecule has 6 heteroatoms. The molecule has 0 spiro atoms. The summed E-state index contributed by atoms with van der Waals surface area (Å²) in [5.41, 5.74) is 0. The summed E-state index contributed by atoms with van der Waals surface area (Å²) in [4.78, 5) is 14.9. The topological polar surface area (TPSA) is 57.0 Å². The molecule has 0 bridgehead atoms. The fourth-order valence-electron chi connectivity index (χ4n) is 0.811. The molecule has 0 aromatic carbocycles. The van der Waals surface area contributed by atoms with Gasteiger partial charge in [0.25, 0.3) is 0 Å². The minimum Gasteiger partial charge on any atom is -0.464 e. The Bertz CT molecular complexity index is 300. The van der Waals surface area contributed by atoms with E-state index in [0.29, 0.717) is 6.61 Å². The Balaban J connectivity index is 2.67. The molecule has 0 saturated heterocycles. The van der Waals surface area contributed by atoms with Gasteiger partial charge in [0.15, 0.2) is 0 Å². The highest BCUT2D eigenvalue weighted by Gasteiger charge is 2.16. The maximum atomic E-state index is 11.2. The summed E-state index contributed by atoms with van der Waals surface area (Å²) in [6, 6.07) is -0.486. The van der Waals surface area contributed by atoms with Gasteiger partial charge in [0.2, 0.25) is 5.28 Å². The average Bonchev–Trinajstić information content (AvgIpc) is 2.51. The Morgan fingerprint density at radius 3 is 3.00 bits per heavy atom. The van der Waals surface area contributed by atoms with Gasteiger partial charge in [0.1, 0.15) is 12.4 Å². The van der Waals surface area contributed by atoms with E-state index in [1.807, 2.05) is 0 Å². The fourth-order valence-corrected chi connectivity index (χ4v) is 0.942. The SMILES string of the molecule is CCOC(=O)C(C)n1cnc(Cl)n1. The van der Waals surface area contributed by atoms with E-state index in [2.05, 4.69) is 10.1 Å². The van der Waals surface area contributed by atoms with E-state index in [1.165, 1.54) is 11.0 Å². The summed E-state index contributed by atoms with van der Waals surface area (Å²) in [5, 5.41) is 3.91. The van der Waals surface area contributed by atoms with Crippen molar-refractivity contribution in [2.45, 2.75) is 19.9 Å². The van der Waals surface area contributed by atoms with Crippen LogP contribution in [0.3, 0.4) is 0 Å². The van der Waals surface area contributed by atoms with Crippen molar-refractivity contribution in [1.82, 2.24) is 14.8 Å². The number of hydrogen-bond acceptors (Lipinski definition) is 4. The van der Waals surface area contributed by atoms with Crippen molar-refractivity contribution >= 4 is 17.6 Å². The van der Waals surface area contributed by atoms with Gasteiger partial charge >= 0.3 is 5.97 Å². The first-order chi connectivity index (χ1) is 6.15. The molecule has 1 heterocycles. The quantitative estimate of drug-likeness (QED) is 0.690. The van der Waals surface area contributed by atoms with E-state index < -0.39 is 6.04 Å². The van der Waals surface area contributed by atoms with Gasteiger partial charge in [0, 0.05) is 0 Å². The first-order valence-corrected chi connectivity index (χ1v) is 4.26. The van der Waals surface area contributed by atoms with Crippen LogP contribution in [0.5, 0.6) is 0 Å². The van der Waals surface area contributed by atoms with Gasteiger partial charge in [0.05, 0.1) is 6.61 Å². The molecule has 0 N–H and O–H groups in total. The second kappa shape index (κ2) is 4.23. The average molecular weight is 204 g/mol. The van der Waals surface area contributed by atoms with Gasteiger partial charge in [-0.3, -0.25) is 0 Å². The van der Waals surface area contributed by atoms with Crippen LogP contribution >= 0.6 is 11.6 Å². The lowest BCUT2D eigenvalue weighted by atomic mass is 10.3. The molecule has 0 fully saturated rings. The number of hydrogen-bond donors (Lipinski definition) is 0. The van der Waals surface area contributed by atoms with E-state index in [4.69, 9.17) is 16.3 Å².